The molecule has 0 unspecified atom stereocenters. The van der Waals surface area contributed by atoms with Gasteiger partial charge in [-0.3, -0.25) is 0 Å². The standard InChI is InChI=1S/C6H9F3O5/c7-6(8,9)4(12)3-1(10)2(11)5(13)14-3/h1-5,10-13H/t1-,2-,3-,4+,5+/m0/s1. The highest BCUT2D eigenvalue weighted by atomic mass is 19.4. The molecular weight excluding hydrogens is 209 g/mol. The van der Waals surface area contributed by atoms with Gasteiger partial charge in [0.15, 0.2) is 12.4 Å². The molecule has 0 saturated carbocycles. The topological polar surface area (TPSA) is 90.2 Å². The smallest absolute Gasteiger partial charge is 0.387 e. The Balaban J connectivity index is 2.71. The fourth-order valence-electron chi connectivity index (χ4n) is 1.13. The van der Waals surface area contributed by atoms with Crippen molar-refractivity contribution in [2.75, 3.05) is 0 Å². The number of hydrogen-bond donors (Lipinski definition) is 4. The molecule has 0 radical (unpaired) electrons. The Kier molecular flexibility index (Phi) is 3.02. The number of aliphatic hydroxyl groups is 4. The SMILES string of the molecule is O[C@H]1[C@H](O)[C@H](O)O[C@@H]1[C@@H](O)C(F)(F)F. The highest BCUT2D eigenvalue weighted by molar-refractivity contribution is 4.92. The number of alkyl halides is 3. The third-order valence-electron chi connectivity index (χ3n) is 1.92. The molecule has 5 atom stereocenters. The minimum absolute atomic E-state index is 1.85. The van der Waals surface area contributed by atoms with Gasteiger partial charge in [0.2, 0.25) is 0 Å². The van der Waals surface area contributed by atoms with E-state index in [-0.39, 0.29) is 0 Å². The van der Waals surface area contributed by atoms with E-state index < -0.39 is 36.9 Å². The van der Waals surface area contributed by atoms with Crippen LogP contribution < -0.4 is 0 Å². The Morgan fingerprint density at radius 2 is 1.57 bits per heavy atom. The molecular formula is C6H9F3O5. The molecule has 1 aliphatic rings. The van der Waals surface area contributed by atoms with Crippen LogP contribution in [0.15, 0.2) is 0 Å². The van der Waals surface area contributed by atoms with Crippen molar-refractivity contribution in [3.05, 3.63) is 0 Å². The number of ether oxygens (including phenoxy) is 1. The molecule has 0 aromatic rings. The third-order valence-corrected chi connectivity index (χ3v) is 1.92. The second-order valence-corrected chi connectivity index (χ2v) is 2.96. The van der Waals surface area contributed by atoms with Crippen LogP contribution >= 0.6 is 0 Å². The van der Waals surface area contributed by atoms with E-state index in [4.69, 9.17) is 20.4 Å². The van der Waals surface area contributed by atoms with E-state index in [0.29, 0.717) is 0 Å². The van der Waals surface area contributed by atoms with Crippen molar-refractivity contribution in [1.82, 2.24) is 0 Å². The maximum absolute atomic E-state index is 11.9. The van der Waals surface area contributed by atoms with Gasteiger partial charge in [-0.2, -0.15) is 13.2 Å². The van der Waals surface area contributed by atoms with E-state index in [2.05, 4.69) is 4.74 Å². The summed E-state index contributed by atoms with van der Waals surface area (Å²) in [4.78, 5) is 0. The Morgan fingerprint density at radius 3 is 1.86 bits per heavy atom. The van der Waals surface area contributed by atoms with Gasteiger partial charge in [-0.15, -0.1) is 0 Å². The molecule has 0 aromatic heterocycles. The van der Waals surface area contributed by atoms with Crippen LogP contribution in [0.4, 0.5) is 13.2 Å². The molecule has 8 heteroatoms. The largest absolute Gasteiger partial charge is 0.417 e. The van der Waals surface area contributed by atoms with Crippen molar-refractivity contribution in [1.29, 1.82) is 0 Å². The number of hydrogen-bond acceptors (Lipinski definition) is 5. The van der Waals surface area contributed by atoms with Crippen molar-refractivity contribution in [2.45, 2.75) is 36.9 Å². The predicted octanol–water partition coefficient (Wildman–Crippen LogP) is -1.65. The van der Waals surface area contributed by atoms with Gasteiger partial charge in [0.1, 0.15) is 18.3 Å². The van der Waals surface area contributed by atoms with Crippen molar-refractivity contribution in [3.8, 4) is 0 Å². The molecule has 0 bridgehead atoms. The first-order valence-corrected chi connectivity index (χ1v) is 3.69. The molecule has 0 amide bonds. The number of halogens is 3. The monoisotopic (exact) mass is 218 g/mol. The first-order chi connectivity index (χ1) is 6.25. The Hall–Kier alpha value is -0.410. The summed E-state index contributed by atoms with van der Waals surface area (Å²) in [5.74, 6) is 0. The molecule has 1 fully saturated rings. The van der Waals surface area contributed by atoms with E-state index in [1.807, 2.05) is 0 Å². The van der Waals surface area contributed by atoms with Gasteiger partial charge in [0, 0.05) is 0 Å². The zero-order chi connectivity index (χ0) is 11.1. The van der Waals surface area contributed by atoms with E-state index in [0.717, 1.165) is 0 Å². The molecule has 0 aliphatic carbocycles. The average Bonchev–Trinajstić information content (AvgIpc) is 2.30. The minimum Gasteiger partial charge on any atom is -0.387 e. The molecule has 4 N–H and O–H groups in total. The Bertz CT molecular complexity index is 208. The lowest BCUT2D eigenvalue weighted by atomic mass is 10.1. The summed E-state index contributed by atoms with van der Waals surface area (Å²) < 4.78 is 39.9. The van der Waals surface area contributed by atoms with Gasteiger partial charge >= 0.3 is 6.18 Å². The fraction of sp³-hybridized carbons (Fsp3) is 1.00. The highest BCUT2D eigenvalue weighted by Gasteiger charge is 2.54. The van der Waals surface area contributed by atoms with Gasteiger partial charge in [-0.25, -0.2) is 0 Å². The summed E-state index contributed by atoms with van der Waals surface area (Å²) in [7, 11) is 0. The number of aliphatic hydroxyl groups excluding tert-OH is 4. The second kappa shape index (κ2) is 3.63. The van der Waals surface area contributed by atoms with Crippen molar-refractivity contribution in [2.24, 2.45) is 0 Å². The molecule has 5 nitrogen and oxygen atoms in total. The van der Waals surface area contributed by atoms with Crippen molar-refractivity contribution < 1.29 is 38.3 Å². The van der Waals surface area contributed by atoms with Crippen LogP contribution in [-0.2, 0) is 4.74 Å². The molecule has 1 rings (SSSR count). The quantitative estimate of drug-likeness (QED) is 0.423. The van der Waals surface area contributed by atoms with Crippen LogP contribution in [0.5, 0.6) is 0 Å². The Morgan fingerprint density at radius 1 is 1.07 bits per heavy atom. The molecule has 1 aliphatic heterocycles. The molecule has 1 saturated heterocycles. The fourth-order valence-corrected chi connectivity index (χ4v) is 1.13. The van der Waals surface area contributed by atoms with Crippen LogP contribution in [0.1, 0.15) is 0 Å². The highest BCUT2D eigenvalue weighted by Crippen LogP contribution is 2.30. The van der Waals surface area contributed by atoms with Crippen molar-refractivity contribution in [3.63, 3.8) is 0 Å². The summed E-state index contributed by atoms with van der Waals surface area (Å²) in [5.41, 5.74) is 0. The molecule has 0 aromatic carbocycles. The predicted molar refractivity (Wildman–Crippen MR) is 35.0 cm³/mol. The summed E-state index contributed by atoms with van der Waals surface area (Å²) >= 11 is 0. The van der Waals surface area contributed by atoms with Crippen LogP contribution in [0.25, 0.3) is 0 Å². The van der Waals surface area contributed by atoms with Gasteiger partial charge in [0.25, 0.3) is 0 Å². The lowest BCUT2D eigenvalue weighted by Gasteiger charge is -2.22. The lowest BCUT2D eigenvalue weighted by molar-refractivity contribution is -0.250. The van der Waals surface area contributed by atoms with E-state index >= 15 is 0 Å². The maximum Gasteiger partial charge on any atom is 0.417 e. The zero-order valence-corrected chi connectivity index (χ0v) is 6.72. The maximum atomic E-state index is 11.9. The summed E-state index contributed by atoms with van der Waals surface area (Å²) in [6.07, 6.45) is -15.7. The first kappa shape index (κ1) is 11.7. The summed E-state index contributed by atoms with van der Waals surface area (Å²) in [6, 6.07) is 0. The average molecular weight is 218 g/mol. The summed E-state index contributed by atoms with van der Waals surface area (Å²) in [6.45, 7) is 0. The van der Waals surface area contributed by atoms with Crippen LogP contribution in [-0.4, -0.2) is 57.3 Å². The minimum atomic E-state index is -4.98. The van der Waals surface area contributed by atoms with Gasteiger partial charge < -0.3 is 25.2 Å². The van der Waals surface area contributed by atoms with Gasteiger partial charge in [-0.1, -0.05) is 0 Å². The Labute approximate surface area is 76.3 Å². The van der Waals surface area contributed by atoms with Crippen LogP contribution in [0, 0.1) is 0 Å². The molecule has 1 heterocycles. The zero-order valence-electron chi connectivity index (χ0n) is 6.72. The number of rotatable bonds is 1. The van der Waals surface area contributed by atoms with Gasteiger partial charge in [-0.05, 0) is 0 Å². The van der Waals surface area contributed by atoms with Gasteiger partial charge in [0.05, 0.1) is 0 Å². The van der Waals surface area contributed by atoms with Crippen LogP contribution in [0.2, 0.25) is 0 Å². The third kappa shape index (κ3) is 1.98. The molecule has 84 valence electrons. The first-order valence-electron chi connectivity index (χ1n) is 3.69. The lowest BCUT2D eigenvalue weighted by Crippen LogP contribution is -2.46. The van der Waals surface area contributed by atoms with Crippen LogP contribution in [0.3, 0.4) is 0 Å². The summed E-state index contributed by atoms with van der Waals surface area (Å²) in [5, 5.41) is 35.2. The molecule has 14 heavy (non-hydrogen) atoms. The molecule has 0 spiro atoms. The second-order valence-electron chi connectivity index (χ2n) is 2.96. The van der Waals surface area contributed by atoms with E-state index in [1.165, 1.54) is 0 Å². The van der Waals surface area contributed by atoms with E-state index in [9.17, 15) is 13.2 Å². The van der Waals surface area contributed by atoms with Crippen molar-refractivity contribution >= 4 is 0 Å². The normalized spacial score (nSPS) is 41.4. The van der Waals surface area contributed by atoms with E-state index in [1.54, 1.807) is 0 Å².